The maximum absolute atomic E-state index is 6.00. The number of halogens is 1. The highest BCUT2D eigenvalue weighted by Crippen LogP contribution is 2.28. The first-order valence-corrected chi connectivity index (χ1v) is 11.8. The number of nitrogens with zero attached hydrogens (tertiary/aromatic N) is 2. The number of hydrogen-bond acceptors (Lipinski definition) is 4. The van der Waals surface area contributed by atoms with E-state index in [2.05, 4.69) is 17.2 Å². The Morgan fingerprint density at radius 1 is 0.971 bits per heavy atom. The van der Waals surface area contributed by atoms with Gasteiger partial charge in [-0.05, 0) is 73.4 Å². The second kappa shape index (κ2) is 11.6. The molecule has 0 aliphatic heterocycles. The summed E-state index contributed by atoms with van der Waals surface area (Å²) in [6.45, 7) is 5.62. The van der Waals surface area contributed by atoms with Crippen LogP contribution in [0.5, 0.6) is 17.2 Å². The smallest absolute Gasteiger partial charge is 0.161 e. The summed E-state index contributed by atoms with van der Waals surface area (Å²) in [6, 6.07) is 21.6. The number of aryl methyl sites for hydroxylation is 1. The number of fused-ring (bicyclic) bond motifs is 1. The Bertz CT molecular complexity index is 1230. The maximum Gasteiger partial charge on any atom is 0.161 e. The fourth-order valence-corrected chi connectivity index (χ4v) is 3.97. The second-order valence-electron chi connectivity index (χ2n) is 7.94. The van der Waals surface area contributed by atoms with Gasteiger partial charge < -0.3 is 18.8 Å². The summed E-state index contributed by atoms with van der Waals surface area (Å²) in [5.74, 6) is 3.18. The molecule has 0 spiro atoms. The first-order chi connectivity index (χ1) is 16.7. The van der Waals surface area contributed by atoms with Crippen LogP contribution in [0.1, 0.15) is 24.2 Å². The van der Waals surface area contributed by atoms with Gasteiger partial charge in [-0.3, -0.25) is 0 Å². The molecular formula is C28H29ClN2O3. The number of rotatable bonds is 12. The van der Waals surface area contributed by atoms with E-state index < -0.39 is 0 Å². The van der Waals surface area contributed by atoms with Crippen LogP contribution in [0.4, 0.5) is 0 Å². The van der Waals surface area contributed by atoms with Crippen molar-refractivity contribution in [3.8, 4) is 17.2 Å². The highest BCUT2D eigenvalue weighted by molar-refractivity contribution is 6.30. The zero-order valence-electron chi connectivity index (χ0n) is 19.4. The van der Waals surface area contributed by atoms with E-state index in [9.17, 15) is 0 Å². The Morgan fingerprint density at radius 2 is 1.79 bits per heavy atom. The molecule has 0 atom stereocenters. The van der Waals surface area contributed by atoms with Crippen molar-refractivity contribution in [2.45, 2.75) is 32.4 Å². The third-order valence-electron chi connectivity index (χ3n) is 5.56. The van der Waals surface area contributed by atoms with Crippen LogP contribution in [0.15, 0.2) is 79.4 Å². The molecule has 0 amide bonds. The average molecular weight is 477 g/mol. The zero-order chi connectivity index (χ0) is 23.8. The molecular weight excluding hydrogens is 448 g/mol. The molecule has 1 aromatic heterocycles. The minimum Gasteiger partial charge on any atom is -0.493 e. The van der Waals surface area contributed by atoms with Crippen LogP contribution in [0.3, 0.4) is 0 Å². The fraction of sp³-hybridized carbons (Fsp3) is 0.250. The van der Waals surface area contributed by atoms with E-state index in [4.69, 9.17) is 30.8 Å². The number of hydrogen-bond donors (Lipinski definition) is 0. The number of aromatic nitrogens is 2. The highest BCUT2D eigenvalue weighted by atomic mass is 35.5. The van der Waals surface area contributed by atoms with Crippen molar-refractivity contribution in [3.05, 3.63) is 95.8 Å². The van der Waals surface area contributed by atoms with Gasteiger partial charge in [-0.2, -0.15) is 0 Å². The van der Waals surface area contributed by atoms with E-state index in [0.29, 0.717) is 18.2 Å². The Balaban J connectivity index is 1.36. The topological polar surface area (TPSA) is 45.5 Å². The molecule has 4 aromatic rings. The highest BCUT2D eigenvalue weighted by Gasteiger charge is 2.11. The molecule has 0 N–H and O–H groups in total. The van der Waals surface area contributed by atoms with Gasteiger partial charge in [0, 0.05) is 11.6 Å². The molecule has 0 bridgehead atoms. The number of para-hydroxylation sites is 2. The number of benzene rings is 3. The van der Waals surface area contributed by atoms with Crippen molar-refractivity contribution in [2.24, 2.45) is 0 Å². The lowest BCUT2D eigenvalue weighted by Gasteiger charge is -2.13. The number of methoxy groups -OCH3 is 1. The van der Waals surface area contributed by atoms with Crippen molar-refractivity contribution in [1.29, 1.82) is 0 Å². The van der Waals surface area contributed by atoms with Crippen molar-refractivity contribution in [3.63, 3.8) is 0 Å². The molecule has 0 unspecified atom stereocenters. The summed E-state index contributed by atoms with van der Waals surface area (Å²) in [5, 5.41) is 0.687. The molecule has 0 aliphatic carbocycles. The summed E-state index contributed by atoms with van der Waals surface area (Å²) in [5.41, 5.74) is 3.23. The van der Waals surface area contributed by atoms with Crippen LogP contribution in [-0.2, 0) is 19.6 Å². The average Bonchev–Trinajstić information content (AvgIpc) is 3.21. The monoisotopic (exact) mass is 476 g/mol. The van der Waals surface area contributed by atoms with Crippen LogP contribution in [0.25, 0.3) is 11.0 Å². The minimum atomic E-state index is 0.390. The molecule has 1 heterocycles. The lowest BCUT2D eigenvalue weighted by Crippen LogP contribution is -2.09. The van der Waals surface area contributed by atoms with E-state index in [-0.39, 0.29) is 0 Å². The van der Waals surface area contributed by atoms with E-state index in [1.54, 1.807) is 7.11 Å². The standard InChI is InChI=1S/C28H29ClN2O3/c1-3-8-21-11-16-26(27(19-21)32-2)33-18-7-6-17-31-25-10-5-4-9-24(25)30-28(31)20-34-23-14-12-22(29)13-15-23/h3-5,9-16,19H,1,6-8,17-18,20H2,2H3. The first kappa shape index (κ1) is 23.7. The zero-order valence-corrected chi connectivity index (χ0v) is 20.1. The second-order valence-corrected chi connectivity index (χ2v) is 8.38. The van der Waals surface area contributed by atoms with Gasteiger partial charge in [-0.15, -0.1) is 6.58 Å². The van der Waals surface area contributed by atoms with Crippen molar-refractivity contribution in [1.82, 2.24) is 9.55 Å². The fourth-order valence-electron chi connectivity index (χ4n) is 3.84. The number of ether oxygens (including phenoxy) is 3. The van der Waals surface area contributed by atoms with Crippen LogP contribution in [0, 0.1) is 0 Å². The van der Waals surface area contributed by atoms with Crippen LogP contribution in [-0.4, -0.2) is 23.3 Å². The normalized spacial score (nSPS) is 10.9. The lowest BCUT2D eigenvalue weighted by molar-refractivity contribution is 0.278. The van der Waals surface area contributed by atoms with Crippen LogP contribution in [0.2, 0.25) is 5.02 Å². The molecule has 0 saturated heterocycles. The van der Waals surface area contributed by atoms with E-state index >= 15 is 0 Å². The van der Waals surface area contributed by atoms with Gasteiger partial charge in [-0.25, -0.2) is 4.98 Å². The summed E-state index contributed by atoms with van der Waals surface area (Å²) < 4.78 is 19.7. The number of allylic oxidation sites excluding steroid dienone is 1. The maximum atomic E-state index is 6.00. The molecule has 0 aliphatic rings. The Morgan fingerprint density at radius 3 is 2.59 bits per heavy atom. The first-order valence-electron chi connectivity index (χ1n) is 11.4. The van der Waals surface area contributed by atoms with E-state index in [1.165, 1.54) is 0 Å². The van der Waals surface area contributed by atoms with Crippen LogP contribution < -0.4 is 14.2 Å². The SMILES string of the molecule is C=CCc1ccc(OCCCCn2c(COc3ccc(Cl)cc3)nc3ccccc32)c(OC)c1. The van der Waals surface area contributed by atoms with Gasteiger partial charge in [0.2, 0.25) is 0 Å². The predicted molar refractivity (Wildman–Crippen MR) is 137 cm³/mol. The minimum absolute atomic E-state index is 0.390. The van der Waals surface area contributed by atoms with Crippen LogP contribution >= 0.6 is 11.6 Å². The van der Waals surface area contributed by atoms with Gasteiger partial charge in [0.05, 0.1) is 24.8 Å². The third kappa shape index (κ3) is 5.91. The molecule has 176 valence electrons. The Hall–Kier alpha value is -3.44. The van der Waals surface area contributed by atoms with Gasteiger partial charge in [0.15, 0.2) is 11.5 Å². The lowest BCUT2D eigenvalue weighted by atomic mass is 10.1. The van der Waals surface area contributed by atoms with Gasteiger partial charge in [-0.1, -0.05) is 35.9 Å². The third-order valence-corrected chi connectivity index (χ3v) is 5.81. The van der Waals surface area contributed by atoms with Crippen molar-refractivity contribution in [2.75, 3.05) is 13.7 Å². The molecule has 3 aromatic carbocycles. The predicted octanol–water partition coefficient (Wildman–Crippen LogP) is 6.87. The van der Waals surface area contributed by atoms with Crippen molar-refractivity contribution < 1.29 is 14.2 Å². The Kier molecular flexibility index (Phi) is 8.10. The summed E-state index contributed by atoms with van der Waals surface area (Å²) >= 11 is 5.97. The summed E-state index contributed by atoms with van der Waals surface area (Å²) in [7, 11) is 1.66. The molecule has 4 rings (SSSR count). The molecule has 0 radical (unpaired) electrons. The van der Waals surface area contributed by atoms with E-state index in [1.807, 2.05) is 66.7 Å². The molecule has 0 fully saturated rings. The van der Waals surface area contributed by atoms with Gasteiger partial charge in [0.25, 0.3) is 0 Å². The summed E-state index contributed by atoms with van der Waals surface area (Å²) in [4.78, 5) is 4.79. The van der Waals surface area contributed by atoms with Gasteiger partial charge >= 0.3 is 0 Å². The van der Waals surface area contributed by atoms with Crippen molar-refractivity contribution >= 4 is 22.6 Å². The number of unbranched alkanes of at least 4 members (excludes halogenated alkanes) is 1. The Labute approximate surface area is 205 Å². The molecule has 5 nitrogen and oxygen atoms in total. The number of imidazole rings is 1. The quantitative estimate of drug-likeness (QED) is 0.165. The largest absolute Gasteiger partial charge is 0.493 e. The van der Waals surface area contributed by atoms with E-state index in [0.717, 1.165) is 65.5 Å². The summed E-state index contributed by atoms with van der Waals surface area (Å²) in [6.07, 6.45) is 4.54. The molecule has 34 heavy (non-hydrogen) atoms. The molecule has 0 saturated carbocycles. The molecule has 6 heteroatoms. The van der Waals surface area contributed by atoms with Gasteiger partial charge in [0.1, 0.15) is 18.2 Å².